The second-order valence-electron chi connectivity index (χ2n) is 5.18. The molecule has 86 valence electrons. The molecule has 0 N–H and O–H groups in total. The highest BCUT2D eigenvalue weighted by atomic mass is 16.1. The molecule has 1 aliphatic carbocycles. The Balaban J connectivity index is 3.06. The molecule has 0 aromatic rings. The number of carbonyl (C=O) groups excluding carboxylic acids is 1. The Labute approximate surface area is 98.2 Å². The minimum atomic E-state index is -0.491. The first-order valence-electron chi connectivity index (χ1n) is 5.54. The zero-order valence-electron chi connectivity index (χ0n) is 10.7. The van der Waals surface area contributed by atoms with E-state index in [9.17, 15) is 4.79 Å². The van der Waals surface area contributed by atoms with Crippen molar-refractivity contribution in [2.75, 3.05) is 0 Å². The number of carbonyl (C=O) groups is 1. The first-order chi connectivity index (χ1) is 7.19. The van der Waals surface area contributed by atoms with Gasteiger partial charge in [0.2, 0.25) is 0 Å². The molecule has 1 rings (SSSR count). The summed E-state index contributed by atoms with van der Waals surface area (Å²) in [5.41, 5.74) is 3.05. The van der Waals surface area contributed by atoms with Crippen LogP contribution in [-0.2, 0) is 4.79 Å². The van der Waals surface area contributed by atoms with Crippen molar-refractivity contribution in [3.05, 3.63) is 48.1 Å². The van der Waals surface area contributed by atoms with Crippen LogP contribution in [0.2, 0.25) is 0 Å². The highest BCUT2D eigenvalue weighted by Crippen LogP contribution is 2.42. The second kappa shape index (κ2) is 3.89. The van der Waals surface area contributed by atoms with Gasteiger partial charge < -0.3 is 0 Å². The standard InChI is InChI=1S/C15H20O/c1-9(2)10(3)11(4)13-8-14(16)15(6,7)12(13)5/h8-9H,3-5H2,1-2,6-7H3. The summed E-state index contributed by atoms with van der Waals surface area (Å²) in [7, 11) is 0. The van der Waals surface area contributed by atoms with Gasteiger partial charge in [0, 0.05) is 0 Å². The quantitative estimate of drug-likeness (QED) is 0.655. The fourth-order valence-electron chi connectivity index (χ4n) is 1.67. The number of hydrogen-bond acceptors (Lipinski definition) is 1. The van der Waals surface area contributed by atoms with E-state index < -0.39 is 5.41 Å². The Morgan fingerprint density at radius 3 is 2.12 bits per heavy atom. The van der Waals surface area contributed by atoms with Crippen LogP contribution in [0.3, 0.4) is 0 Å². The SMILES string of the molecule is C=C(C(=C)C(C)C)C1=CC(=O)C(C)(C)C1=C. The van der Waals surface area contributed by atoms with E-state index in [1.807, 2.05) is 13.8 Å². The number of allylic oxidation sites excluding steroid dienone is 5. The van der Waals surface area contributed by atoms with Crippen molar-refractivity contribution in [3.8, 4) is 0 Å². The van der Waals surface area contributed by atoms with Crippen LogP contribution in [0.5, 0.6) is 0 Å². The van der Waals surface area contributed by atoms with E-state index >= 15 is 0 Å². The number of hydrogen-bond donors (Lipinski definition) is 0. The first kappa shape index (κ1) is 12.7. The van der Waals surface area contributed by atoms with Crippen molar-refractivity contribution in [2.45, 2.75) is 27.7 Å². The molecule has 16 heavy (non-hydrogen) atoms. The lowest BCUT2D eigenvalue weighted by atomic mass is 9.81. The smallest absolute Gasteiger partial charge is 0.166 e. The number of ketones is 1. The maximum Gasteiger partial charge on any atom is 0.166 e. The third-order valence-corrected chi connectivity index (χ3v) is 3.38. The summed E-state index contributed by atoms with van der Waals surface area (Å²) < 4.78 is 0. The molecule has 0 amide bonds. The Bertz CT molecular complexity index is 417. The zero-order valence-corrected chi connectivity index (χ0v) is 10.7. The van der Waals surface area contributed by atoms with E-state index in [0.29, 0.717) is 5.92 Å². The van der Waals surface area contributed by atoms with Gasteiger partial charge >= 0.3 is 0 Å². The average molecular weight is 216 g/mol. The molecule has 0 unspecified atom stereocenters. The summed E-state index contributed by atoms with van der Waals surface area (Å²) in [6.07, 6.45) is 1.65. The molecule has 0 saturated carbocycles. The predicted octanol–water partition coefficient (Wildman–Crippen LogP) is 3.85. The fraction of sp³-hybridized carbons (Fsp3) is 0.400. The third-order valence-electron chi connectivity index (χ3n) is 3.38. The normalized spacial score (nSPS) is 18.9. The fourth-order valence-corrected chi connectivity index (χ4v) is 1.67. The maximum atomic E-state index is 11.8. The minimum Gasteiger partial charge on any atom is -0.294 e. The first-order valence-corrected chi connectivity index (χ1v) is 5.54. The molecule has 1 heteroatoms. The van der Waals surface area contributed by atoms with Crippen molar-refractivity contribution >= 4 is 5.78 Å². The lowest BCUT2D eigenvalue weighted by molar-refractivity contribution is -0.119. The summed E-state index contributed by atoms with van der Waals surface area (Å²) >= 11 is 0. The van der Waals surface area contributed by atoms with Gasteiger partial charge in [-0.2, -0.15) is 0 Å². The molecule has 0 saturated heterocycles. The van der Waals surface area contributed by atoms with Gasteiger partial charge in [-0.3, -0.25) is 4.79 Å². The topological polar surface area (TPSA) is 17.1 Å². The van der Waals surface area contributed by atoms with E-state index in [4.69, 9.17) is 0 Å². The Morgan fingerprint density at radius 2 is 1.81 bits per heavy atom. The second-order valence-corrected chi connectivity index (χ2v) is 5.18. The Morgan fingerprint density at radius 1 is 1.31 bits per heavy atom. The van der Waals surface area contributed by atoms with Crippen LogP contribution in [0.4, 0.5) is 0 Å². The van der Waals surface area contributed by atoms with E-state index in [2.05, 4.69) is 33.6 Å². The van der Waals surface area contributed by atoms with Crippen LogP contribution in [0.15, 0.2) is 48.1 Å². The molecular formula is C15H20O. The van der Waals surface area contributed by atoms with Crippen LogP contribution in [-0.4, -0.2) is 5.78 Å². The molecule has 0 atom stereocenters. The van der Waals surface area contributed by atoms with Gasteiger partial charge in [-0.1, -0.05) is 33.6 Å². The van der Waals surface area contributed by atoms with Crippen molar-refractivity contribution in [3.63, 3.8) is 0 Å². The van der Waals surface area contributed by atoms with Gasteiger partial charge in [-0.05, 0) is 48.1 Å². The zero-order chi connectivity index (χ0) is 12.7. The number of rotatable bonds is 3. The largest absolute Gasteiger partial charge is 0.294 e. The van der Waals surface area contributed by atoms with Gasteiger partial charge in [0.15, 0.2) is 5.78 Å². The summed E-state index contributed by atoms with van der Waals surface area (Å²) in [5, 5.41) is 0. The van der Waals surface area contributed by atoms with Crippen molar-refractivity contribution in [1.29, 1.82) is 0 Å². The van der Waals surface area contributed by atoms with Gasteiger partial charge in [-0.15, -0.1) is 0 Å². The summed E-state index contributed by atoms with van der Waals surface area (Å²) in [6.45, 7) is 20.0. The van der Waals surface area contributed by atoms with Gasteiger partial charge in [0.05, 0.1) is 5.41 Å². The highest BCUT2D eigenvalue weighted by Gasteiger charge is 2.37. The summed E-state index contributed by atoms with van der Waals surface area (Å²) in [5.74, 6) is 0.435. The van der Waals surface area contributed by atoms with Crippen LogP contribution >= 0.6 is 0 Å². The molecule has 1 aliphatic rings. The lowest BCUT2D eigenvalue weighted by Crippen LogP contribution is -2.19. The Kier molecular flexibility index (Phi) is 3.09. The molecule has 0 aromatic heterocycles. The highest BCUT2D eigenvalue weighted by molar-refractivity contribution is 6.03. The monoisotopic (exact) mass is 216 g/mol. The molecule has 0 radical (unpaired) electrons. The molecule has 1 nitrogen and oxygen atoms in total. The third kappa shape index (κ3) is 1.82. The van der Waals surface area contributed by atoms with Crippen molar-refractivity contribution < 1.29 is 4.79 Å². The van der Waals surface area contributed by atoms with Gasteiger partial charge in [-0.25, -0.2) is 0 Å². The van der Waals surface area contributed by atoms with Gasteiger partial charge in [0.25, 0.3) is 0 Å². The lowest BCUT2D eigenvalue weighted by Gasteiger charge is -2.21. The van der Waals surface area contributed by atoms with E-state index in [0.717, 1.165) is 22.3 Å². The summed E-state index contributed by atoms with van der Waals surface area (Å²) in [4.78, 5) is 11.8. The molecule has 0 heterocycles. The minimum absolute atomic E-state index is 0.102. The van der Waals surface area contributed by atoms with Crippen LogP contribution in [0, 0.1) is 11.3 Å². The molecular weight excluding hydrogens is 196 g/mol. The van der Waals surface area contributed by atoms with Gasteiger partial charge in [0.1, 0.15) is 0 Å². The molecule has 0 aliphatic heterocycles. The van der Waals surface area contributed by atoms with Crippen molar-refractivity contribution in [1.82, 2.24) is 0 Å². The average Bonchev–Trinajstić information content (AvgIpc) is 2.40. The van der Waals surface area contributed by atoms with Crippen LogP contribution in [0.25, 0.3) is 0 Å². The summed E-state index contributed by atoms with van der Waals surface area (Å²) in [6, 6.07) is 0. The molecule has 0 bridgehead atoms. The van der Waals surface area contributed by atoms with E-state index in [1.54, 1.807) is 6.08 Å². The molecule has 0 fully saturated rings. The van der Waals surface area contributed by atoms with E-state index in [-0.39, 0.29) is 5.78 Å². The Hall–Kier alpha value is -1.37. The van der Waals surface area contributed by atoms with E-state index in [1.165, 1.54) is 0 Å². The predicted molar refractivity (Wildman–Crippen MR) is 69.1 cm³/mol. The molecule has 0 spiro atoms. The maximum absolute atomic E-state index is 11.8. The van der Waals surface area contributed by atoms with Crippen molar-refractivity contribution in [2.24, 2.45) is 11.3 Å². The van der Waals surface area contributed by atoms with Crippen LogP contribution in [0.1, 0.15) is 27.7 Å². The van der Waals surface area contributed by atoms with Crippen LogP contribution < -0.4 is 0 Å². The molecule has 0 aromatic carbocycles.